The van der Waals surface area contributed by atoms with Gasteiger partial charge < -0.3 is 15.2 Å². The Morgan fingerprint density at radius 2 is 2.04 bits per heavy atom. The second-order valence-electron chi connectivity index (χ2n) is 6.55. The van der Waals surface area contributed by atoms with Crippen LogP contribution in [-0.4, -0.2) is 34.8 Å². The molecule has 0 atom stereocenters. The third kappa shape index (κ3) is 4.79. The second kappa shape index (κ2) is 9.21. The van der Waals surface area contributed by atoms with E-state index in [1.807, 2.05) is 54.1 Å². The van der Waals surface area contributed by atoms with Crippen molar-refractivity contribution in [1.29, 1.82) is 0 Å². The average molecular weight is 378 g/mol. The molecule has 1 aromatic heterocycles. The van der Waals surface area contributed by atoms with Gasteiger partial charge in [-0.1, -0.05) is 30.8 Å². The molecule has 0 aliphatic heterocycles. The number of nitrogens with one attached hydrogen (secondary N) is 2. The fourth-order valence-electron chi connectivity index (χ4n) is 2.96. The van der Waals surface area contributed by atoms with Gasteiger partial charge in [-0.05, 0) is 48.7 Å². The molecule has 28 heavy (non-hydrogen) atoms. The van der Waals surface area contributed by atoms with Crippen LogP contribution in [0.5, 0.6) is 0 Å². The molecule has 0 radical (unpaired) electrons. The molecule has 0 bridgehead atoms. The molecule has 3 rings (SSSR count). The molecule has 0 spiro atoms. The highest BCUT2D eigenvalue weighted by atomic mass is 16.5. The number of hydrogen-bond acceptors (Lipinski definition) is 4. The molecule has 0 saturated heterocycles. The first kappa shape index (κ1) is 19.7. The first-order valence-electron chi connectivity index (χ1n) is 9.16. The van der Waals surface area contributed by atoms with Crippen molar-refractivity contribution in [3.05, 3.63) is 83.4 Å². The summed E-state index contributed by atoms with van der Waals surface area (Å²) in [5.41, 5.74) is 6.15. The van der Waals surface area contributed by atoms with Crippen LogP contribution in [-0.2, 0) is 17.8 Å². The molecule has 0 aliphatic carbocycles. The van der Waals surface area contributed by atoms with Gasteiger partial charge in [-0.15, -0.1) is 0 Å². The third-order valence-electron chi connectivity index (χ3n) is 4.40. The van der Waals surface area contributed by atoms with Crippen LogP contribution in [0.3, 0.4) is 0 Å². The lowest BCUT2D eigenvalue weighted by molar-refractivity contribution is 0.185. The first-order chi connectivity index (χ1) is 13.6. The van der Waals surface area contributed by atoms with Crippen molar-refractivity contribution in [1.82, 2.24) is 9.78 Å². The number of hydrogen-bond donors (Lipinski definition) is 3. The van der Waals surface area contributed by atoms with E-state index in [9.17, 15) is 0 Å². The zero-order valence-electron chi connectivity index (χ0n) is 16.3. The predicted octanol–water partition coefficient (Wildman–Crippen LogP) is 3.80. The number of H-pyrrole nitrogens is 1. The maximum absolute atomic E-state index is 9.11. The van der Waals surface area contributed by atoms with Gasteiger partial charge in [-0.2, -0.15) is 0 Å². The Morgan fingerprint density at radius 3 is 2.79 bits per heavy atom. The summed E-state index contributed by atoms with van der Waals surface area (Å²) in [6.07, 6.45) is 2.41. The van der Waals surface area contributed by atoms with Gasteiger partial charge in [0.15, 0.2) is 0 Å². The summed E-state index contributed by atoms with van der Waals surface area (Å²) < 4.78 is 7.15. The van der Waals surface area contributed by atoms with Crippen molar-refractivity contribution in [2.75, 3.05) is 19.0 Å². The van der Waals surface area contributed by atoms with Crippen LogP contribution in [0.15, 0.2) is 65.9 Å². The van der Waals surface area contributed by atoms with Crippen molar-refractivity contribution >= 4 is 11.9 Å². The maximum atomic E-state index is 9.11. The summed E-state index contributed by atoms with van der Waals surface area (Å²) in [5, 5.41) is 15.6. The highest BCUT2D eigenvalue weighted by molar-refractivity contribution is 5.80. The number of ether oxygens (including phenoxy) is 1. The third-order valence-corrected chi connectivity index (χ3v) is 4.40. The Kier molecular flexibility index (Phi) is 6.47. The van der Waals surface area contributed by atoms with E-state index in [1.165, 1.54) is 0 Å². The predicted molar refractivity (Wildman–Crippen MR) is 113 cm³/mol. The van der Waals surface area contributed by atoms with Crippen molar-refractivity contribution in [3.8, 4) is 5.69 Å². The highest BCUT2D eigenvalue weighted by Gasteiger charge is 2.10. The molecule has 1 heterocycles. The monoisotopic (exact) mass is 378 g/mol. The van der Waals surface area contributed by atoms with Gasteiger partial charge in [-0.3, -0.25) is 9.78 Å². The lowest BCUT2D eigenvalue weighted by atomic mass is 10.1. The number of aromatic nitrogens is 2. The molecular formula is C22H26N4O2. The second-order valence-corrected chi connectivity index (χ2v) is 6.55. The van der Waals surface area contributed by atoms with Crippen molar-refractivity contribution in [2.45, 2.75) is 20.0 Å². The van der Waals surface area contributed by atoms with Gasteiger partial charge in [0.25, 0.3) is 0 Å². The Labute approximate surface area is 165 Å². The van der Waals surface area contributed by atoms with Gasteiger partial charge in [0.05, 0.1) is 29.9 Å². The van der Waals surface area contributed by atoms with E-state index in [0.717, 1.165) is 33.9 Å². The Bertz CT molecular complexity index is 969. The molecule has 3 N–H and O–H groups in total. The molecule has 0 saturated carbocycles. The highest BCUT2D eigenvalue weighted by Crippen LogP contribution is 2.17. The molecular weight excluding hydrogens is 352 g/mol. The average Bonchev–Trinajstić information content (AvgIpc) is 2.68. The van der Waals surface area contributed by atoms with Crippen molar-refractivity contribution in [2.24, 2.45) is 4.99 Å². The van der Waals surface area contributed by atoms with E-state index in [0.29, 0.717) is 18.8 Å². The van der Waals surface area contributed by atoms with E-state index >= 15 is 0 Å². The number of nitrogens with zero attached hydrogens (tertiary/aromatic N) is 2. The zero-order valence-corrected chi connectivity index (χ0v) is 16.3. The minimum Gasteiger partial charge on any atom is -0.396 e. The summed E-state index contributed by atoms with van der Waals surface area (Å²) in [7, 11) is 1.68. The van der Waals surface area contributed by atoms with Crippen LogP contribution < -0.4 is 5.32 Å². The van der Waals surface area contributed by atoms with Gasteiger partial charge in [-0.25, -0.2) is 4.99 Å². The smallest absolute Gasteiger partial charge is 0.123 e. The number of aliphatic imine (C=N–C) groups is 1. The fraction of sp³-hybridized carbons (Fsp3) is 0.227. The molecule has 0 fully saturated rings. The number of anilines is 1. The minimum atomic E-state index is 0.146. The van der Waals surface area contributed by atoms with E-state index in [2.05, 4.69) is 28.1 Å². The van der Waals surface area contributed by atoms with Crippen LogP contribution in [0.1, 0.15) is 22.5 Å². The Hall–Kier alpha value is -3.09. The number of methoxy groups -OCH3 is 1. The van der Waals surface area contributed by atoms with Crippen LogP contribution in [0.4, 0.5) is 5.69 Å². The molecule has 0 amide bonds. The quantitative estimate of drug-likeness (QED) is 0.496. The molecule has 146 valence electrons. The Morgan fingerprint density at radius 1 is 1.25 bits per heavy atom. The zero-order chi connectivity index (χ0) is 19.9. The minimum absolute atomic E-state index is 0.146. The topological polar surface area (TPSA) is 74.6 Å². The summed E-state index contributed by atoms with van der Waals surface area (Å²) in [6, 6.07) is 16.0. The molecule has 2 aromatic carbocycles. The largest absolute Gasteiger partial charge is 0.396 e. The van der Waals surface area contributed by atoms with Crippen LogP contribution in [0.25, 0.3) is 5.69 Å². The normalized spacial score (nSPS) is 11.2. The summed E-state index contributed by atoms with van der Waals surface area (Å²) in [4.78, 5) is 4.40. The van der Waals surface area contributed by atoms with Gasteiger partial charge in [0.1, 0.15) is 5.82 Å². The van der Waals surface area contributed by atoms with Crippen molar-refractivity contribution in [3.63, 3.8) is 0 Å². The molecule has 6 heteroatoms. The number of aliphatic hydroxyl groups excluding tert-OH is 1. The van der Waals surface area contributed by atoms with Gasteiger partial charge in [0.2, 0.25) is 0 Å². The number of rotatable bonds is 9. The first-order valence-corrected chi connectivity index (χ1v) is 9.16. The number of benzene rings is 2. The van der Waals surface area contributed by atoms with Crippen LogP contribution in [0.2, 0.25) is 0 Å². The lowest BCUT2D eigenvalue weighted by Crippen LogP contribution is -2.17. The van der Waals surface area contributed by atoms with E-state index in [4.69, 9.17) is 9.84 Å². The van der Waals surface area contributed by atoms with Gasteiger partial charge >= 0.3 is 0 Å². The van der Waals surface area contributed by atoms with Crippen LogP contribution in [0, 0.1) is 6.92 Å². The summed E-state index contributed by atoms with van der Waals surface area (Å²) in [5.74, 6) is 0.556. The number of aliphatic hydroxyl groups is 1. The SMILES string of the molecule is C=C(/N=C\c1[nH]n(-c2cccc(CCO)c2)c1C)Nc1cccc(COC)c1. The molecule has 0 unspecified atom stereocenters. The number of aromatic amines is 1. The molecule has 3 aromatic rings. The lowest BCUT2D eigenvalue weighted by Gasteiger charge is -2.19. The molecule has 6 nitrogen and oxygen atoms in total. The maximum Gasteiger partial charge on any atom is 0.123 e. The molecule has 0 aliphatic rings. The van der Waals surface area contributed by atoms with Crippen LogP contribution >= 0.6 is 0 Å². The van der Waals surface area contributed by atoms with Crippen molar-refractivity contribution < 1.29 is 9.84 Å². The fourth-order valence-corrected chi connectivity index (χ4v) is 2.96. The summed E-state index contributed by atoms with van der Waals surface area (Å²) >= 11 is 0. The Balaban J connectivity index is 1.64. The van der Waals surface area contributed by atoms with Gasteiger partial charge in [0, 0.05) is 19.4 Å². The standard InChI is InChI=1S/C22H26N4O2/c1-16-22(25-26(16)21-9-5-6-18(13-21)10-11-27)14-23-17(2)24-20-8-4-7-19(12-20)15-28-3/h4-9,12-14,24-25,27H,2,10-11,15H2,1,3H3/b23-14-. The van der Waals surface area contributed by atoms with E-state index in [1.54, 1.807) is 13.3 Å². The van der Waals surface area contributed by atoms with E-state index in [-0.39, 0.29) is 6.61 Å². The summed E-state index contributed by atoms with van der Waals surface area (Å²) in [6.45, 7) is 6.70. The van der Waals surface area contributed by atoms with E-state index < -0.39 is 0 Å².